The predicted molar refractivity (Wildman–Crippen MR) is 159 cm³/mol. The molecule has 0 spiro atoms. The van der Waals surface area contributed by atoms with E-state index in [0.717, 1.165) is 49.5 Å². The SMILES string of the molecule is Cc1cccc2cc(Cn3nc(I)c4c(N)ncnc43)n(-c3ccccc3OCCN3CCOCC3)c(=O)c12. The molecule has 0 bridgehead atoms. The van der Waals surface area contributed by atoms with E-state index in [2.05, 4.69) is 37.5 Å². The summed E-state index contributed by atoms with van der Waals surface area (Å²) < 4.78 is 16.0. The first kappa shape index (κ1) is 25.7. The molecule has 0 amide bonds. The van der Waals surface area contributed by atoms with Crippen molar-refractivity contribution in [1.29, 1.82) is 0 Å². The minimum atomic E-state index is -0.106. The second-order valence-corrected chi connectivity index (χ2v) is 10.5. The molecule has 10 nitrogen and oxygen atoms in total. The van der Waals surface area contributed by atoms with Gasteiger partial charge in [0.05, 0.1) is 36.2 Å². The molecule has 0 radical (unpaired) electrons. The second kappa shape index (κ2) is 10.9. The van der Waals surface area contributed by atoms with Crippen molar-refractivity contribution in [2.45, 2.75) is 13.5 Å². The van der Waals surface area contributed by atoms with Crippen LogP contribution in [-0.4, -0.2) is 68.7 Å². The van der Waals surface area contributed by atoms with Crippen molar-refractivity contribution in [2.75, 3.05) is 45.2 Å². The van der Waals surface area contributed by atoms with Crippen molar-refractivity contribution in [2.24, 2.45) is 0 Å². The first-order valence-corrected chi connectivity index (χ1v) is 13.9. The van der Waals surface area contributed by atoms with Gasteiger partial charge in [-0.1, -0.05) is 30.3 Å². The van der Waals surface area contributed by atoms with Crippen LogP contribution in [0.3, 0.4) is 0 Å². The first-order chi connectivity index (χ1) is 19.0. The van der Waals surface area contributed by atoms with E-state index < -0.39 is 0 Å². The summed E-state index contributed by atoms with van der Waals surface area (Å²) in [5.74, 6) is 1.02. The van der Waals surface area contributed by atoms with Crippen molar-refractivity contribution in [3.63, 3.8) is 0 Å². The van der Waals surface area contributed by atoms with Crippen LogP contribution in [0.15, 0.2) is 59.7 Å². The van der Waals surface area contributed by atoms with Gasteiger partial charge < -0.3 is 15.2 Å². The summed E-state index contributed by atoms with van der Waals surface area (Å²) in [5.41, 5.74) is 8.99. The van der Waals surface area contributed by atoms with Gasteiger partial charge in [0.1, 0.15) is 28.2 Å². The Kier molecular flexibility index (Phi) is 7.19. The smallest absolute Gasteiger partial charge is 0.263 e. The number of rotatable bonds is 7. The number of pyridine rings is 1. The zero-order valence-electron chi connectivity index (χ0n) is 21.5. The lowest BCUT2D eigenvalue weighted by atomic mass is 10.1. The number of hydrogen-bond donors (Lipinski definition) is 1. The third-order valence-corrected chi connectivity index (χ3v) is 7.79. The summed E-state index contributed by atoms with van der Waals surface area (Å²) in [6, 6.07) is 15.6. The Morgan fingerprint density at radius 1 is 1.08 bits per heavy atom. The zero-order valence-corrected chi connectivity index (χ0v) is 23.7. The summed E-state index contributed by atoms with van der Waals surface area (Å²) in [6.07, 6.45) is 1.43. The normalized spacial score (nSPS) is 14.3. The number of nitrogens with zero attached hydrogens (tertiary/aromatic N) is 6. The van der Waals surface area contributed by atoms with Crippen LogP contribution in [0, 0.1) is 10.6 Å². The van der Waals surface area contributed by atoms with E-state index in [0.29, 0.717) is 50.5 Å². The third kappa shape index (κ3) is 4.97. The summed E-state index contributed by atoms with van der Waals surface area (Å²) in [7, 11) is 0. The quantitative estimate of drug-likeness (QED) is 0.271. The highest BCUT2D eigenvalue weighted by Crippen LogP contribution is 2.28. The van der Waals surface area contributed by atoms with E-state index in [1.807, 2.05) is 55.5 Å². The Bertz CT molecular complexity index is 1730. The van der Waals surface area contributed by atoms with E-state index in [9.17, 15) is 4.79 Å². The third-order valence-electron chi connectivity index (χ3n) is 7.03. The number of aryl methyl sites for hydroxylation is 1. The molecule has 39 heavy (non-hydrogen) atoms. The van der Waals surface area contributed by atoms with Crippen LogP contribution in [0.25, 0.3) is 27.5 Å². The maximum absolute atomic E-state index is 14.2. The number of hydrogen-bond acceptors (Lipinski definition) is 8. The molecule has 11 heteroatoms. The van der Waals surface area contributed by atoms with E-state index >= 15 is 0 Å². The molecule has 2 N–H and O–H groups in total. The van der Waals surface area contributed by atoms with E-state index in [1.54, 1.807) is 9.25 Å². The number of fused-ring (bicyclic) bond motifs is 2. The lowest BCUT2D eigenvalue weighted by Crippen LogP contribution is -2.38. The lowest BCUT2D eigenvalue weighted by molar-refractivity contribution is 0.0322. The molecule has 1 saturated heterocycles. The number of anilines is 1. The Balaban J connectivity index is 1.45. The molecule has 200 valence electrons. The van der Waals surface area contributed by atoms with Crippen molar-refractivity contribution >= 4 is 50.2 Å². The molecule has 3 aromatic heterocycles. The van der Waals surface area contributed by atoms with Crippen molar-refractivity contribution in [3.05, 3.63) is 80.2 Å². The number of para-hydroxylation sites is 2. The van der Waals surface area contributed by atoms with Gasteiger partial charge in [0.15, 0.2) is 5.65 Å². The molecule has 0 aliphatic carbocycles. The minimum absolute atomic E-state index is 0.106. The number of aromatic nitrogens is 5. The summed E-state index contributed by atoms with van der Waals surface area (Å²) in [5, 5.41) is 6.94. The second-order valence-electron chi connectivity index (χ2n) is 9.49. The van der Waals surface area contributed by atoms with Crippen LogP contribution in [0.4, 0.5) is 5.82 Å². The highest BCUT2D eigenvalue weighted by atomic mass is 127. The predicted octanol–water partition coefficient (Wildman–Crippen LogP) is 3.38. The number of benzene rings is 2. The molecule has 1 aliphatic heterocycles. The van der Waals surface area contributed by atoms with E-state index in [-0.39, 0.29) is 5.56 Å². The van der Waals surface area contributed by atoms with Crippen LogP contribution in [-0.2, 0) is 11.3 Å². The largest absolute Gasteiger partial charge is 0.490 e. The standard InChI is InChI=1S/C28H28IN7O3/c1-18-5-4-6-19-15-20(16-35-27-24(25(29)33-35)26(30)31-17-32-27)36(28(37)23(18)19)21-7-2-3-8-22(21)39-14-11-34-9-12-38-13-10-34/h2-8,15,17H,9-14,16H2,1H3,(H2,30,31,32). The molecule has 2 aromatic carbocycles. The molecular formula is C28H28IN7O3. The van der Waals surface area contributed by atoms with Gasteiger partial charge in [-0.3, -0.25) is 14.3 Å². The topological polar surface area (TPSA) is 113 Å². The molecule has 6 rings (SSSR count). The number of morpholine rings is 1. The Morgan fingerprint density at radius 2 is 1.90 bits per heavy atom. The van der Waals surface area contributed by atoms with Gasteiger partial charge in [0, 0.05) is 25.3 Å². The van der Waals surface area contributed by atoms with Gasteiger partial charge >= 0.3 is 0 Å². The fourth-order valence-electron chi connectivity index (χ4n) is 5.09. The first-order valence-electron chi connectivity index (χ1n) is 12.8. The van der Waals surface area contributed by atoms with Crippen LogP contribution in [0.5, 0.6) is 5.75 Å². The molecule has 1 fully saturated rings. The van der Waals surface area contributed by atoms with Gasteiger partial charge in [0.25, 0.3) is 5.56 Å². The molecule has 4 heterocycles. The van der Waals surface area contributed by atoms with Crippen LogP contribution in [0.1, 0.15) is 11.3 Å². The fourth-order valence-corrected chi connectivity index (χ4v) is 5.87. The Hall–Kier alpha value is -3.55. The van der Waals surface area contributed by atoms with Gasteiger partial charge in [-0.25, -0.2) is 14.6 Å². The fraction of sp³-hybridized carbons (Fsp3) is 0.286. The number of nitrogens with two attached hydrogens (primary N) is 1. The van der Waals surface area contributed by atoms with E-state index in [4.69, 9.17) is 20.3 Å². The number of ether oxygens (including phenoxy) is 2. The maximum atomic E-state index is 14.2. The van der Waals surface area contributed by atoms with Gasteiger partial charge in [-0.2, -0.15) is 5.10 Å². The van der Waals surface area contributed by atoms with Gasteiger partial charge in [-0.15, -0.1) is 0 Å². The molecular weight excluding hydrogens is 609 g/mol. The molecule has 0 unspecified atom stereocenters. The highest BCUT2D eigenvalue weighted by Gasteiger charge is 2.20. The summed E-state index contributed by atoms with van der Waals surface area (Å²) in [6.45, 7) is 6.82. The highest BCUT2D eigenvalue weighted by molar-refractivity contribution is 14.1. The number of halogens is 1. The Morgan fingerprint density at radius 3 is 2.74 bits per heavy atom. The monoisotopic (exact) mass is 637 g/mol. The lowest BCUT2D eigenvalue weighted by Gasteiger charge is -2.26. The van der Waals surface area contributed by atoms with E-state index in [1.165, 1.54) is 6.33 Å². The van der Waals surface area contributed by atoms with Crippen molar-refractivity contribution < 1.29 is 9.47 Å². The average molecular weight is 637 g/mol. The summed E-state index contributed by atoms with van der Waals surface area (Å²) >= 11 is 2.14. The molecule has 0 saturated carbocycles. The van der Waals surface area contributed by atoms with Crippen molar-refractivity contribution in [1.82, 2.24) is 29.2 Å². The van der Waals surface area contributed by atoms with Gasteiger partial charge in [-0.05, 0) is 58.7 Å². The molecule has 1 aliphatic rings. The average Bonchev–Trinajstić information content (AvgIpc) is 3.26. The molecule has 5 aromatic rings. The van der Waals surface area contributed by atoms with Crippen molar-refractivity contribution in [3.8, 4) is 11.4 Å². The zero-order chi connectivity index (χ0) is 26.9. The minimum Gasteiger partial charge on any atom is -0.490 e. The van der Waals surface area contributed by atoms with Crippen LogP contribution < -0.4 is 16.0 Å². The number of nitrogen functional groups attached to an aromatic ring is 1. The van der Waals surface area contributed by atoms with Crippen LogP contribution in [0.2, 0.25) is 0 Å². The Labute approximate surface area is 238 Å². The molecule has 0 atom stereocenters. The van der Waals surface area contributed by atoms with Crippen LogP contribution >= 0.6 is 22.6 Å². The van der Waals surface area contributed by atoms with Gasteiger partial charge in [0.2, 0.25) is 0 Å². The maximum Gasteiger partial charge on any atom is 0.263 e. The summed E-state index contributed by atoms with van der Waals surface area (Å²) in [4.78, 5) is 25.0.